The zero-order chi connectivity index (χ0) is 14.6. The molecule has 0 atom stereocenters. The van der Waals surface area contributed by atoms with Gasteiger partial charge in [-0.05, 0) is 18.2 Å². The van der Waals surface area contributed by atoms with Crippen molar-refractivity contribution in [2.24, 2.45) is 5.73 Å². The van der Waals surface area contributed by atoms with Gasteiger partial charge in [0.25, 0.3) is 5.91 Å². The molecule has 0 aliphatic heterocycles. The fourth-order valence-corrected chi connectivity index (χ4v) is 1.57. The molecule has 0 heterocycles. The molecule has 0 fully saturated rings. The zero-order valence-corrected chi connectivity index (χ0v) is 10.4. The lowest BCUT2D eigenvalue weighted by Crippen LogP contribution is -2.41. The Morgan fingerprint density at radius 1 is 1.26 bits per heavy atom. The van der Waals surface area contributed by atoms with Crippen LogP contribution in [0.3, 0.4) is 0 Å². The predicted molar refractivity (Wildman–Crippen MR) is 65.9 cm³/mol. The number of carboxylic acid groups (broad SMARTS) is 1. The maximum absolute atomic E-state index is 12.0. The average Bonchev–Trinajstić information content (AvgIpc) is 2.29. The van der Waals surface area contributed by atoms with Crippen LogP contribution in [0.2, 0.25) is 5.02 Å². The van der Waals surface area contributed by atoms with Crippen LogP contribution in [0.25, 0.3) is 0 Å². The second-order valence-corrected chi connectivity index (χ2v) is 4.12. The van der Waals surface area contributed by atoms with Gasteiger partial charge in [0.05, 0.1) is 5.56 Å². The van der Waals surface area contributed by atoms with Crippen LogP contribution in [-0.4, -0.2) is 46.0 Å². The largest absolute Gasteiger partial charge is 0.507 e. The molecule has 0 saturated carbocycles. The number of phenolic OH excluding ortho intramolecular Hbond substituents is 1. The molecule has 0 aliphatic rings. The Bertz CT molecular complexity index is 516. The summed E-state index contributed by atoms with van der Waals surface area (Å²) >= 11 is 5.69. The molecule has 0 aromatic heterocycles. The number of primary amides is 1. The number of nitrogens with zero attached hydrogens (tertiary/aromatic N) is 1. The average molecular weight is 287 g/mol. The maximum atomic E-state index is 12.0. The minimum absolute atomic E-state index is 0.190. The van der Waals surface area contributed by atoms with E-state index in [2.05, 4.69) is 0 Å². The molecule has 1 aromatic carbocycles. The number of carboxylic acids is 1. The van der Waals surface area contributed by atoms with Crippen molar-refractivity contribution in [2.45, 2.75) is 0 Å². The predicted octanol–water partition coefficient (Wildman–Crippen LogP) is 0.0577. The highest BCUT2D eigenvalue weighted by Gasteiger charge is 2.22. The molecule has 0 radical (unpaired) electrons. The van der Waals surface area contributed by atoms with Crippen molar-refractivity contribution < 1.29 is 24.6 Å². The number of amides is 2. The lowest BCUT2D eigenvalue weighted by molar-refractivity contribution is -0.138. The SMILES string of the molecule is NC(=O)CN(CC(=O)O)C(=O)c1cc(Cl)ccc1O. The van der Waals surface area contributed by atoms with Gasteiger partial charge in [0, 0.05) is 5.02 Å². The van der Waals surface area contributed by atoms with Crippen LogP contribution < -0.4 is 5.73 Å². The molecule has 1 rings (SSSR count). The molecule has 19 heavy (non-hydrogen) atoms. The Labute approximate surface area is 113 Å². The highest BCUT2D eigenvalue weighted by atomic mass is 35.5. The van der Waals surface area contributed by atoms with E-state index in [9.17, 15) is 19.5 Å². The zero-order valence-electron chi connectivity index (χ0n) is 9.67. The number of aliphatic carboxylic acids is 1. The molecule has 102 valence electrons. The summed E-state index contributed by atoms with van der Waals surface area (Å²) in [7, 11) is 0. The standard InChI is InChI=1S/C11H11ClN2O5/c12-6-1-2-8(15)7(3-6)11(19)14(4-9(13)16)5-10(17)18/h1-3,15H,4-5H2,(H2,13,16)(H,17,18). The molecule has 0 aliphatic carbocycles. The molecule has 0 saturated heterocycles. The summed E-state index contributed by atoms with van der Waals surface area (Å²) < 4.78 is 0. The van der Waals surface area contributed by atoms with E-state index in [1.54, 1.807) is 0 Å². The molecule has 2 amide bonds. The van der Waals surface area contributed by atoms with Crippen molar-refractivity contribution in [3.8, 4) is 5.75 Å². The molecule has 8 heteroatoms. The fraction of sp³-hybridized carbons (Fsp3) is 0.182. The molecule has 7 nitrogen and oxygen atoms in total. The number of hydrogen-bond acceptors (Lipinski definition) is 4. The van der Waals surface area contributed by atoms with E-state index in [1.807, 2.05) is 0 Å². The number of carbonyl (C=O) groups excluding carboxylic acids is 2. The van der Waals surface area contributed by atoms with E-state index >= 15 is 0 Å². The summed E-state index contributed by atoms with van der Waals surface area (Å²) in [5, 5.41) is 18.4. The molecular formula is C11H11ClN2O5. The highest BCUT2D eigenvalue weighted by molar-refractivity contribution is 6.31. The number of benzene rings is 1. The molecular weight excluding hydrogens is 276 g/mol. The number of nitrogens with two attached hydrogens (primary N) is 1. The van der Waals surface area contributed by atoms with Gasteiger partial charge in [0.15, 0.2) is 0 Å². The first-order chi connectivity index (χ1) is 8.81. The van der Waals surface area contributed by atoms with Gasteiger partial charge >= 0.3 is 5.97 Å². The Balaban J connectivity index is 3.07. The van der Waals surface area contributed by atoms with Crippen LogP contribution in [0.4, 0.5) is 0 Å². The summed E-state index contributed by atoms with van der Waals surface area (Å²) in [6.07, 6.45) is 0. The van der Waals surface area contributed by atoms with Gasteiger partial charge in [-0.2, -0.15) is 0 Å². The van der Waals surface area contributed by atoms with E-state index < -0.39 is 30.9 Å². The Kier molecular flexibility index (Phi) is 4.71. The van der Waals surface area contributed by atoms with Gasteiger partial charge in [0.1, 0.15) is 18.8 Å². The third-order valence-corrected chi connectivity index (χ3v) is 2.38. The Morgan fingerprint density at radius 3 is 2.42 bits per heavy atom. The fourth-order valence-electron chi connectivity index (χ4n) is 1.40. The quantitative estimate of drug-likeness (QED) is 0.706. The van der Waals surface area contributed by atoms with Crippen LogP contribution in [0.1, 0.15) is 10.4 Å². The van der Waals surface area contributed by atoms with E-state index in [4.69, 9.17) is 22.4 Å². The minimum atomic E-state index is -1.31. The van der Waals surface area contributed by atoms with Crippen LogP contribution in [-0.2, 0) is 9.59 Å². The van der Waals surface area contributed by atoms with Crippen molar-refractivity contribution in [3.63, 3.8) is 0 Å². The Morgan fingerprint density at radius 2 is 1.89 bits per heavy atom. The monoisotopic (exact) mass is 286 g/mol. The van der Waals surface area contributed by atoms with Crippen LogP contribution >= 0.6 is 11.6 Å². The summed E-state index contributed by atoms with van der Waals surface area (Å²) in [5.41, 5.74) is 4.74. The van der Waals surface area contributed by atoms with Crippen molar-refractivity contribution in [1.29, 1.82) is 0 Å². The summed E-state index contributed by atoms with van der Waals surface area (Å²) in [6.45, 7) is -1.29. The number of phenols is 1. The smallest absolute Gasteiger partial charge is 0.323 e. The lowest BCUT2D eigenvalue weighted by atomic mass is 10.1. The number of hydrogen-bond donors (Lipinski definition) is 3. The van der Waals surface area contributed by atoms with Crippen LogP contribution in [0, 0.1) is 0 Å². The van der Waals surface area contributed by atoms with E-state index in [1.165, 1.54) is 18.2 Å². The number of rotatable bonds is 5. The molecule has 0 bridgehead atoms. The Hall–Kier alpha value is -2.28. The summed E-state index contributed by atoms with van der Waals surface area (Å²) in [4.78, 5) is 34.2. The van der Waals surface area contributed by atoms with E-state index in [0.29, 0.717) is 4.90 Å². The lowest BCUT2D eigenvalue weighted by Gasteiger charge is -2.19. The third kappa shape index (κ3) is 4.14. The van der Waals surface area contributed by atoms with Gasteiger partial charge in [-0.15, -0.1) is 0 Å². The minimum Gasteiger partial charge on any atom is -0.507 e. The first-order valence-electron chi connectivity index (χ1n) is 5.09. The summed E-state index contributed by atoms with van der Waals surface area (Å²) in [6, 6.07) is 3.73. The second-order valence-electron chi connectivity index (χ2n) is 3.68. The van der Waals surface area contributed by atoms with Gasteiger partial charge in [0.2, 0.25) is 5.91 Å². The van der Waals surface area contributed by atoms with Crippen molar-refractivity contribution in [3.05, 3.63) is 28.8 Å². The number of carbonyl (C=O) groups is 3. The van der Waals surface area contributed by atoms with E-state index in [-0.39, 0.29) is 16.3 Å². The van der Waals surface area contributed by atoms with Crippen LogP contribution in [0.15, 0.2) is 18.2 Å². The van der Waals surface area contributed by atoms with Gasteiger partial charge in [-0.25, -0.2) is 0 Å². The molecule has 4 N–H and O–H groups in total. The van der Waals surface area contributed by atoms with Crippen molar-refractivity contribution in [1.82, 2.24) is 4.90 Å². The highest BCUT2D eigenvalue weighted by Crippen LogP contribution is 2.22. The van der Waals surface area contributed by atoms with Crippen molar-refractivity contribution in [2.75, 3.05) is 13.1 Å². The van der Waals surface area contributed by atoms with Gasteiger partial charge < -0.3 is 20.8 Å². The first kappa shape index (κ1) is 14.8. The third-order valence-electron chi connectivity index (χ3n) is 2.15. The van der Waals surface area contributed by atoms with Crippen LogP contribution in [0.5, 0.6) is 5.75 Å². The molecule has 0 unspecified atom stereocenters. The first-order valence-corrected chi connectivity index (χ1v) is 5.47. The topological polar surface area (TPSA) is 121 Å². The molecule has 0 spiro atoms. The van der Waals surface area contributed by atoms with Crippen molar-refractivity contribution >= 4 is 29.4 Å². The van der Waals surface area contributed by atoms with E-state index in [0.717, 1.165) is 0 Å². The molecule has 1 aromatic rings. The van der Waals surface area contributed by atoms with Gasteiger partial charge in [-0.1, -0.05) is 11.6 Å². The normalized spacial score (nSPS) is 9.95. The van der Waals surface area contributed by atoms with Gasteiger partial charge in [-0.3, -0.25) is 14.4 Å². The summed E-state index contributed by atoms with van der Waals surface area (Å²) in [5.74, 6) is -3.39. The maximum Gasteiger partial charge on any atom is 0.323 e. The second kappa shape index (κ2) is 6.05. The number of halogens is 1. The number of aromatic hydroxyl groups is 1.